The third kappa shape index (κ3) is 5.26. The van der Waals surface area contributed by atoms with Crippen molar-refractivity contribution in [3.63, 3.8) is 0 Å². The van der Waals surface area contributed by atoms with E-state index >= 15 is 0 Å². The van der Waals surface area contributed by atoms with E-state index in [9.17, 15) is 4.79 Å². The minimum Gasteiger partial charge on any atom is -0.465 e. The highest BCUT2D eigenvalue weighted by Crippen LogP contribution is 2.11. The first kappa shape index (κ1) is 15.4. The Morgan fingerprint density at radius 3 is 2.42 bits per heavy atom. The molecule has 0 atom stereocenters. The molecule has 0 fully saturated rings. The molecule has 0 aliphatic carbocycles. The highest BCUT2D eigenvalue weighted by Gasteiger charge is 2.04. The fraction of sp³-hybridized carbons (Fsp3) is 0.438. The van der Waals surface area contributed by atoms with Crippen LogP contribution in [0.25, 0.3) is 6.08 Å². The third-order valence-corrected chi connectivity index (χ3v) is 2.89. The number of carbonyl (C=O) groups excluding carboxylic acids is 1. The van der Waals surface area contributed by atoms with Gasteiger partial charge in [-0.25, -0.2) is 4.79 Å². The molecule has 0 radical (unpaired) electrons. The summed E-state index contributed by atoms with van der Waals surface area (Å²) >= 11 is 0. The molecule has 0 bridgehead atoms. The van der Waals surface area contributed by atoms with Crippen molar-refractivity contribution in [2.45, 2.75) is 33.2 Å². The Bertz CT molecular complexity index is 433. The van der Waals surface area contributed by atoms with Crippen molar-refractivity contribution in [2.24, 2.45) is 0 Å². The monoisotopic (exact) mass is 261 g/mol. The molecule has 0 aromatic heterocycles. The lowest BCUT2D eigenvalue weighted by molar-refractivity contribution is 0.0601. The molecule has 0 aliphatic rings. The van der Waals surface area contributed by atoms with Gasteiger partial charge in [-0.05, 0) is 24.1 Å². The van der Waals surface area contributed by atoms with Crippen LogP contribution in [0.2, 0.25) is 0 Å². The van der Waals surface area contributed by atoms with E-state index in [1.165, 1.54) is 12.7 Å². The van der Waals surface area contributed by atoms with E-state index in [-0.39, 0.29) is 5.97 Å². The number of ether oxygens (including phenoxy) is 1. The van der Waals surface area contributed by atoms with Gasteiger partial charge >= 0.3 is 5.97 Å². The van der Waals surface area contributed by atoms with E-state index in [2.05, 4.69) is 36.9 Å². The van der Waals surface area contributed by atoms with Gasteiger partial charge in [-0.3, -0.25) is 0 Å². The second-order valence-electron chi connectivity index (χ2n) is 4.81. The normalized spacial score (nSPS) is 11.7. The Labute approximate surface area is 115 Å². The largest absolute Gasteiger partial charge is 0.465 e. The van der Waals surface area contributed by atoms with Crippen molar-refractivity contribution in [3.8, 4) is 0 Å². The van der Waals surface area contributed by atoms with Gasteiger partial charge in [0.2, 0.25) is 0 Å². The van der Waals surface area contributed by atoms with E-state index in [0.29, 0.717) is 11.6 Å². The predicted molar refractivity (Wildman–Crippen MR) is 79.2 cm³/mol. The number of esters is 1. The Morgan fingerprint density at radius 2 is 1.95 bits per heavy atom. The standard InChI is InChI=1S/C16H23NO2/c1-5-13(11-17-12(2)3)10-14-6-8-15(9-7-14)16(18)19-4/h6-10,12,17H,5,11H2,1-4H3. The van der Waals surface area contributed by atoms with Crippen LogP contribution in [0.5, 0.6) is 0 Å². The van der Waals surface area contributed by atoms with Gasteiger partial charge in [0.15, 0.2) is 0 Å². The summed E-state index contributed by atoms with van der Waals surface area (Å²) in [6.45, 7) is 7.32. The highest BCUT2D eigenvalue weighted by atomic mass is 16.5. The molecule has 0 saturated heterocycles. The summed E-state index contributed by atoms with van der Waals surface area (Å²) in [7, 11) is 1.39. The molecule has 0 heterocycles. The number of benzene rings is 1. The Morgan fingerprint density at radius 1 is 1.32 bits per heavy atom. The average Bonchev–Trinajstić information content (AvgIpc) is 2.43. The topological polar surface area (TPSA) is 38.3 Å². The van der Waals surface area contributed by atoms with Gasteiger partial charge in [0.05, 0.1) is 12.7 Å². The van der Waals surface area contributed by atoms with Crippen LogP contribution >= 0.6 is 0 Å². The van der Waals surface area contributed by atoms with Crippen LogP contribution in [0.15, 0.2) is 29.8 Å². The molecule has 0 aliphatic heterocycles. The first-order valence-electron chi connectivity index (χ1n) is 6.68. The summed E-state index contributed by atoms with van der Waals surface area (Å²) in [5, 5.41) is 3.41. The van der Waals surface area contributed by atoms with Crippen LogP contribution in [0.3, 0.4) is 0 Å². The van der Waals surface area contributed by atoms with Crippen LogP contribution in [-0.2, 0) is 4.74 Å². The lowest BCUT2D eigenvalue weighted by Crippen LogP contribution is -2.24. The van der Waals surface area contributed by atoms with Crippen molar-refractivity contribution in [1.82, 2.24) is 5.32 Å². The summed E-state index contributed by atoms with van der Waals surface area (Å²) in [4.78, 5) is 11.3. The molecular weight excluding hydrogens is 238 g/mol. The molecule has 0 unspecified atom stereocenters. The van der Waals surface area contributed by atoms with E-state index < -0.39 is 0 Å². The van der Waals surface area contributed by atoms with Crippen molar-refractivity contribution in [2.75, 3.05) is 13.7 Å². The minimum absolute atomic E-state index is 0.298. The summed E-state index contributed by atoms with van der Waals surface area (Å²) < 4.78 is 4.68. The maximum absolute atomic E-state index is 11.3. The zero-order chi connectivity index (χ0) is 14.3. The van der Waals surface area contributed by atoms with Crippen molar-refractivity contribution < 1.29 is 9.53 Å². The molecule has 0 spiro atoms. The molecular formula is C16H23NO2. The molecule has 1 aromatic rings. The summed E-state index contributed by atoms with van der Waals surface area (Å²) in [5.41, 5.74) is 3.03. The Kier molecular flexibility index (Phi) is 6.30. The van der Waals surface area contributed by atoms with Gasteiger partial charge in [0.1, 0.15) is 0 Å². The number of carbonyl (C=O) groups is 1. The third-order valence-electron chi connectivity index (χ3n) is 2.89. The van der Waals surface area contributed by atoms with E-state index in [0.717, 1.165) is 18.5 Å². The first-order valence-corrected chi connectivity index (χ1v) is 6.68. The number of hydrogen-bond donors (Lipinski definition) is 1. The van der Waals surface area contributed by atoms with Gasteiger partial charge in [-0.15, -0.1) is 0 Å². The van der Waals surface area contributed by atoms with E-state index in [1.54, 1.807) is 12.1 Å². The van der Waals surface area contributed by atoms with Gasteiger partial charge in [0, 0.05) is 12.6 Å². The SMILES string of the molecule is CCC(=Cc1ccc(C(=O)OC)cc1)CNC(C)C. The summed E-state index contributed by atoms with van der Waals surface area (Å²) in [5.74, 6) is -0.298. The van der Waals surface area contributed by atoms with E-state index in [1.807, 2.05) is 12.1 Å². The second kappa shape index (κ2) is 7.74. The summed E-state index contributed by atoms with van der Waals surface area (Å²) in [6.07, 6.45) is 3.18. The van der Waals surface area contributed by atoms with Crippen LogP contribution in [0, 0.1) is 0 Å². The lowest BCUT2D eigenvalue weighted by Gasteiger charge is -2.10. The van der Waals surface area contributed by atoms with Crippen LogP contribution < -0.4 is 5.32 Å². The van der Waals surface area contributed by atoms with Crippen molar-refractivity contribution in [1.29, 1.82) is 0 Å². The van der Waals surface area contributed by atoms with Crippen LogP contribution in [-0.4, -0.2) is 25.7 Å². The average molecular weight is 261 g/mol. The maximum Gasteiger partial charge on any atom is 0.337 e. The quantitative estimate of drug-likeness (QED) is 0.799. The maximum atomic E-state index is 11.3. The second-order valence-corrected chi connectivity index (χ2v) is 4.81. The molecule has 104 valence electrons. The molecule has 3 nitrogen and oxygen atoms in total. The number of methoxy groups -OCH3 is 1. The number of rotatable bonds is 6. The molecule has 19 heavy (non-hydrogen) atoms. The van der Waals surface area contributed by atoms with Gasteiger partial charge < -0.3 is 10.1 Å². The molecule has 0 amide bonds. The molecule has 1 rings (SSSR count). The summed E-state index contributed by atoms with van der Waals surface area (Å²) in [6, 6.07) is 7.95. The van der Waals surface area contributed by atoms with Crippen molar-refractivity contribution >= 4 is 12.0 Å². The zero-order valence-corrected chi connectivity index (χ0v) is 12.2. The first-order chi connectivity index (χ1) is 9.06. The highest BCUT2D eigenvalue weighted by molar-refractivity contribution is 5.89. The Balaban J connectivity index is 2.76. The molecule has 3 heteroatoms. The molecule has 0 saturated carbocycles. The van der Waals surface area contributed by atoms with Gasteiger partial charge in [-0.1, -0.05) is 44.6 Å². The molecule has 1 aromatic carbocycles. The van der Waals surface area contributed by atoms with E-state index in [4.69, 9.17) is 0 Å². The number of nitrogens with one attached hydrogen (secondary N) is 1. The van der Waals surface area contributed by atoms with Crippen LogP contribution in [0.4, 0.5) is 0 Å². The van der Waals surface area contributed by atoms with Gasteiger partial charge in [0.25, 0.3) is 0 Å². The lowest BCUT2D eigenvalue weighted by atomic mass is 10.1. The smallest absolute Gasteiger partial charge is 0.337 e. The fourth-order valence-corrected chi connectivity index (χ4v) is 1.68. The molecule has 1 N–H and O–H groups in total. The Hall–Kier alpha value is -1.61. The van der Waals surface area contributed by atoms with Gasteiger partial charge in [-0.2, -0.15) is 0 Å². The minimum atomic E-state index is -0.298. The zero-order valence-electron chi connectivity index (χ0n) is 12.2. The number of hydrogen-bond acceptors (Lipinski definition) is 3. The predicted octanol–water partition coefficient (Wildman–Crippen LogP) is 3.26. The van der Waals surface area contributed by atoms with Crippen LogP contribution in [0.1, 0.15) is 43.1 Å². The van der Waals surface area contributed by atoms with Crippen molar-refractivity contribution in [3.05, 3.63) is 41.0 Å². The fourth-order valence-electron chi connectivity index (χ4n) is 1.68.